The molecule has 5 unspecified atom stereocenters. The molecule has 37 heavy (non-hydrogen) atoms. The van der Waals surface area contributed by atoms with Crippen molar-refractivity contribution in [3.63, 3.8) is 0 Å². The molecule has 0 bridgehead atoms. The van der Waals surface area contributed by atoms with Crippen molar-refractivity contribution in [1.82, 2.24) is 9.80 Å². The Morgan fingerprint density at radius 2 is 1.73 bits per heavy atom. The topological polar surface area (TPSA) is 53.0 Å². The van der Waals surface area contributed by atoms with Crippen LogP contribution in [0, 0.1) is 22.7 Å². The van der Waals surface area contributed by atoms with Crippen molar-refractivity contribution in [3.8, 4) is 5.75 Å². The van der Waals surface area contributed by atoms with Crippen LogP contribution in [0.2, 0.25) is 0 Å². The zero-order valence-electron chi connectivity index (χ0n) is 25.6. The van der Waals surface area contributed by atoms with Crippen LogP contribution in [0.1, 0.15) is 104 Å². The quantitative estimate of drug-likeness (QED) is 0.454. The largest absolute Gasteiger partial charge is 0.415 e. The van der Waals surface area contributed by atoms with Crippen LogP contribution in [0.25, 0.3) is 0 Å². The lowest BCUT2D eigenvalue weighted by Crippen LogP contribution is -2.43. The van der Waals surface area contributed by atoms with E-state index in [1.807, 2.05) is 34.0 Å². The third-order valence-electron chi connectivity index (χ3n) is 9.11. The minimum atomic E-state index is -0.297. The summed E-state index contributed by atoms with van der Waals surface area (Å²) >= 11 is 0. The summed E-state index contributed by atoms with van der Waals surface area (Å²) in [5.41, 5.74) is 3.45. The lowest BCUT2D eigenvalue weighted by atomic mass is 9.55. The normalized spacial score (nSPS) is 28.0. The van der Waals surface area contributed by atoms with Gasteiger partial charge in [0.05, 0.1) is 6.10 Å². The van der Waals surface area contributed by atoms with Gasteiger partial charge in [-0.2, -0.15) is 0 Å². The fraction of sp³-hybridized carbons (Fsp3) is 0.781. The Labute approximate surface area is 228 Å². The van der Waals surface area contributed by atoms with E-state index in [4.69, 9.17) is 4.74 Å². The molecule has 0 aromatic heterocycles. The molecule has 1 aromatic carbocycles. The molecule has 0 heterocycles. The van der Waals surface area contributed by atoms with Crippen LogP contribution in [0.3, 0.4) is 0 Å². The van der Waals surface area contributed by atoms with Gasteiger partial charge in [0.1, 0.15) is 5.75 Å². The second-order valence-corrected chi connectivity index (χ2v) is 12.9. The summed E-state index contributed by atoms with van der Waals surface area (Å²) in [6, 6.07) is 6.25. The van der Waals surface area contributed by atoms with Crippen LogP contribution in [-0.2, 0) is 6.42 Å². The molecule has 5 heteroatoms. The lowest BCUT2D eigenvalue weighted by Gasteiger charge is -2.50. The third kappa shape index (κ3) is 7.95. The van der Waals surface area contributed by atoms with E-state index >= 15 is 0 Å². The molecule has 5 atom stereocenters. The molecule has 3 aliphatic rings. The first-order chi connectivity index (χ1) is 17.4. The number of carbonyl (C=O) groups excluding carboxylic acids is 1. The van der Waals surface area contributed by atoms with Crippen LogP contribution in [0.15, 0.2) is 18.2 Å². The second kappa shape index (κ2) is 13.5. The van der Waals surface area contributed by atoms with Gasteiger partial charge in [0.25, 0.3) is 0 Å². The number of hydrogen-bond donors (Lipinski definition) is 1. The maximum atomic E-state index is 12.4. The van der Waals surface area contributed by atoms with E-state index in [1.54, 1.807) is 11.9 Å². The predicted octanol–water partition coefficient (Wildman–Crippen LogP) is 7.36. The van der Waals surface area contributed by atoms with Gasteiger partial charge in [-0.15, -0.1) is 0 Å². The molecule has 1 amide bonds. The van der Waals surface area contributed by atoms with Crippen molar-refractivity contribution in [2.24, 2.45) is 22.7 Å². The molecular weight excluding hydrogens is 460 g/mol. The van der Waals surface area contributed by atoms with Crippen molar-refractivity contribution in [1.29, 1.82) is 0 Å². The van der Waals surface area contributed by atoms with E-state index in [-0.39, 0.29) is 17.6 Å². The number of aliphatic hydroxyl groups excluding tert-OH is 1. The Morgan fingerprint density at radius 3 is 2.32 bits per heavy atom. The van der Waals surface area contributed by atoms with Gasteiger partial charge < -0.3 is 19.6 Å². The molecule has 212 valence electrons. The van der Waals surface area contributed by atoms with Gasteiger partial charge in [0.2, 0.25) is 0 Å². The number of aryl methyl sites for hydroxylation is 1. The summed E-state index contributed by atoms with van der Waals surface area (Å²) in [4.78, 5) is 16.1. The van der Waals surface area contributed by atoms with Gasteiger partial charge in [-0.05, 0) is 104 Å². The van der Waals surface area contributed by atoms with Gasteiger partial charge in [0, 0.05) is 20.1 Å². The molecule has 2 fully saturated rings. The fourth-order valence-corrected chi connectivity index (χ4v) is 6.21. The summed E-state index contributed by atoms with van der Waals surface area (Å²) in [5, 5.41) is 10.5. The number of amides is 1. The van der Waals surface area contributed by atoms with Crippen molar-refractivity contribution < 1.29 is 14.6 Å². The highest BCUT2D eigenvalue weighted by Gasteiger charge is 2.54. The summed E-state index contributed by atoms with van der Waals surface area (Å²) in [5.74, 6) is 2.58. The number of fused-ring (bicyclic) bond motifs is 5. The molecule has 1 N–H and O–H groups in total. The van der Waals surface area contributed by atoms with Crippen molar-refractivity contribution in [2.45, 2.75) is 105 Å². The van der Waals surface area contributed by atoms with Gasteiger partial charge in [0.15, 0.2) is 0 Å². The number of likely N-dealkylation sites (N-methyl/N-ethyl adjacent to an activating group) is 2. The zero-order valence-corrected chi connectivity index (χ0v) is 25.6. The predicted molar refractivity (Wildman–Crippen MR) is 155 cm³/mol. The van der Waals surface area contributed by atoms with Crippen LogP contribution < -0.4 is 4.74 Å². The van der Waals surface area contributed by atoms with E-state index < -0.39 is 0 Å². The SMILES string of the molecule is CC.CCC(C)(C)C.CN(C)CCN(C)C(=O)Oc1ccc2c(c1)CCC1C2CCC2(C)C(O)CCC12. The van der Waals surface area contributed by atoms with Gasteiger partial charge in [-0.1, -0.05) is 61.0 Å². The zero-order chi connectivity index (χ0) is 28.0. The minimum absolute atomic E-state index is 0.116. The van der Waals surface area contributed by atoms with Crippen LogP contribution in [0.4, 0.5) is 4.79 Å². The average Bonchev–Trinajstić information content (AvgIpc) is 3.17. The number of carbonyl (C=O) groups is 1. The van der Waals surface area contributed by atoms with E-state index in [0.29, 0.717) is 35.5 Å². The number of ether oxygens (including phenoxy) is 1. The van der Waals surface area contributed by atoms with Gasteiger partial charge in [-0.3, -0.25) is 0 Å². The molecule has 0 spiro atoms. The lowest BCUT2D eigenvalue weighted by molar-refractivity contribution is -0.0226. The van der Waals surface area contributed by atoms with Crippen LogP contribution in [0.5, 0.6) is 5.75 Å². The molecule has 2 saturated carbocycles. The third-order valence-corrected chi connectivity index (χ3v) is 9.11. The van der Waals surface area contributed by atoms with Crippen LogP contribution in [-0.4, -0.2) is 61.3 Å². The monoisotopic (exact) mass is 516 g/mol. The van der Waals surface area contributed by atoms with E-state index in [2.05, 4.69) is 51.7 Å². The highest BCUT2D eigenvalue weighted by molar-refractivity contribution is 5.70. The summed E-state index contributed by atoms with van der Waals surface area (Å²) in [6.07, 6.45) is 7.49. The number of rotatable bonds is 4. The molecule has 3 aliphatic carbocycles. The Morgan fingerprint density at radius 1 is 1.08 bits per heavy atom. The van der Waals surface area contributed by atoms with Gasteiger partial charge in [-0.25, -0.2) is 4.79 Å². The summed E-state index contributed by atoms with van der Waals surface area (Å²) in [7, 11) is 5.77. The number of hydrogen-bond acceptors (Lipinski definition) is 4. The van der Waals surface area contributed by atoms with Crippen LogP contribution >= 0.6 is 0 Å². The molecule has 0 saturated heterocycles. The smallest absolute Gasteiger partial charge is 0.410 e. The van der Waals surface area contributed by atoms with E-state index in [1.165, 1.54) is 30.4 Å². The van der Waals surface area contributed by atoms with Crippen molar-refractivity contribution in [2.75, 3.05) is 34.2 Å². The number of nitrogens with zero attached hydrogens (tertiary/aromatic N) is 2. The highest BCUT2D eigenvalue weighted by atomic mass is 16.6. The maximum absolute atomic E-state index is 12.4. The number of aliphatic hydroxyl groups is 1. The standard InChI is InChI=1S/C24H36N2O3.C6H14.C2H6/c1-24-12-11-19-18-8-6-17(29-23(28)26(4)14-13-25(2)3)15-16(18)5-7-20(19)21(24)9-10-22(24)27;1-5-6(2,3)4;1-2/h6,8,15,19-22,27H,5,7,9-14H2,1-4H3;5H2,1-4H3;1-2H3. The summed E-state index contributed by atoms with van der Waals surface area (Å²) < 4.78 is 5.65. The maximum Gasteiger partial charge on any atom is 0.415 e. The van der Waals surface area contributed by atoms with E-state index in [0.717, 1.165) is 32.2 Å². The van der Waals surface area contributed by atoms with Crippen molar-refractivity contribution in [3.05, 3.63) is 29.3 Å². The molecule has 5 nitrogen and oxygen atoms in total. The molecule has 0 radical (unpaired) electrons. The first kappa shape index (κ1) is 31.6. The minimum Gasteiger partial charge on any atom is -0.410 e. The Bertz CT molecular complexity index is 862. The van der Waals surface area contributed by atoms with E-state index in [9.17, 15) is 9.90 Å². The number of benzene rings is 1. The molecule has 4 rings (SSSR count). The Kier molecular flexibility index (Phi) is 11.5. The first-order valence-electron chi connectivity index (χ1n) is 14.7. The molecule has 0 aliphatic heterocycles. The Balaban J connectivity index is 0.000000531. The summed E-state index contributed by atoms with van der Waals surface area (Å²) in [6.45, 7) is 16.7. The molecular formula is C32H56N2O3. The average molecular weight is 517 g/mol. The fourth-order valence-electron chi connectivity index (χ4n) is 6.21. The van der Waals surface area contributed by atoms with Gasteiger partial charge >= 0.3 is 6.09 Å². The first-order valence-corrected chi connectivity index (χ1v) is 14.7. The van der Waals surface area contributed by atoms with Crippen molar-refractivity contribution >= 4 is 6.09 Å². The highest BCUT2D eigenvalue weighted by Crippen LogP contribution is 2.60. The second-order valence-electron chi connectivity index (χ2n) is 12.9. The molecule has 1 aromatic rings. The Hall–Kier alpha value is -1.59.